The summed E-state index contributed by atoms with van der Waals surface area (Å²) in [6.45, 7) is 2.23. The van der Waals surface area contributed by atoms with Gasteiger partial charge in [0, 0.05) is 24.8 Å². The molecule has 2 amide bonds. The van der Waals surface area contributed by atoms with E-state index in [0.29, 0.717) is 11.4 Å². The fourth-order valence-corrected chi connectivity index (χ4v) is 4.26. The van der Waals surface area contributed by atoms with E-state index in [1.54, 1.807) is 43.1 Å². The van der Waals surface area contributed by atoms with Crippen LogP contribution >= 0.6 is 27.3 Å². The number of likely N-dealkylation sites (N-methyl/N-ethyl adjacent to an activating group) is 1. The number of rotatable bonds is 8. The number of hydrogen-bond acceptors (Lipinski definition) is 4. The SMILES string of the molecule is CC(NC(=O)c1ccc(Br)s1)C(=O)N(C)CCCc1cc(-c2ccc(F)cc2)n[nH]1. The van der Waals surface area contributed by atoms with Crippen LogP contribution in [0, 0.1) is 5.82 Å². The zero-order chi connectivity index (χ0) is 21.7. The molecule has 3 rings (SSSR count). The Hall–Kier alpha value is -2.52. The highest BCUT2D eigenvalue weighted by molar-refractivity contribution is 9.11. The van der Waals surface area contributed by atoms with Crippen LogP contribution in [0.4, 0.5) is 4.39 Å². The van der Waals surface area contributed by atoms with E-state index in [-0.39, 0.29) is 17.6 Å². The number of aromatic amines is 1. The van der Waals surface area contributed by atoms with Gasteiger partial charge in [0.25, 0.3) is 5.91 Å². The third-order valence-corrected chi connectivity index (χ3v) is 6.22. The van der Waals surface area contributed by atoms with Gasteiger partial charge in [-0.15, -0.1) is 11.3 Å². The van der Waals surface area contributed by atoms with Crippen LogP contribution < -0.4 is 5.32 Å². The first-order chi connectivity index (χ1) is 14.3. The van der Waals surface area contributed by atoms with E-state index in [2.05, 4.69) is 31.4 Å². The van der Waals surface area contributed by atoms with Gasteiger partial charge in [-0.05, 0) is 78.2 Å². The van der Waals surface area contributed by atoms with Crippen LogP contribution in [0.1, 0.15) is 28.7 Å². The first-order valence-electron chi connectivity index (χ1n) is 9.45. The van der Waals surface area contributed by atoms with Crippen molar-refractivity contribution < 1.29 is 14.0 Å². The predicted molar refractivity (Wildman–Crippen MR) is 119 cm³/mol. The first kappa shape index (κ1) is 22.2. The van der Waals surface area contributed by atoms with Crippen molar-refractivity contribution in [2.45, 2.75) is 25.8 Å². The molecular formula is C21H22BrFN4O2S. The summed E-state index contributed by atoms with van der Waals surface area (Å²) in [5.41, 5.74) is 2.54. The maximum Gasteiger partial charge on any atom is 0.262 e. The van der Waals surface area contributed by atoms with Crippen LogP contribution in [-0.4, -0.2) is 46.5 Å². The number of hydrogen-bond donors (Lipinski definition) is 2. The van der Waals surface area contributed by atoms with Gasteiger partial charge in [-0.3, -0.25) is 14.7 Å². The molecule has 1 aromatic carbocycles. The van der Waals surface area contributed by atoms with E-state index in [1.165, 1.54) is 23.5 Å². The van der Waals surface area contributed by atoms with Gasteiger partial charge >= 0.3 is 0 Å². The maximum absolute atomic E-state index is 13.0. The van der Waals surface area contributed by atoms with Gasteiger partial charge in [0.05, 0.1) is 14.4 Å². The molecule has 0 aliphatic heterocycles. The average molecular weight is 493 g/mol. The molecule has 1 unspecified atom stereocenters. The second kappa shape index (κ2) is 9.99. The maximum atomic E-state index is 13.0. The molecule has 1 atom stereocenters. The van der Waals surface area contributed by atoms with Crippen molar-refractivity contribution in [3.8, 4) is 11.3 Å². The van der Waals surface area contributed by atoms with Gasteiger partial charge < -0.3 is 10.2 Å². The molecule has 30 heavy (non-hydrogen) atoms. The number of aromatic nitrogens is 2. The number of amides is 2. The smallest absolute Gasteiger partial charge is 0.262 e. The summed E-state index contributed by atoms with van der Waals surface area (Å²) in [5.74, 6) is -0.683. The summed E-state index contributed by atoms with van der Waals surface area (Å²) < 4.78 is 13.9. The van der Waals surface area contributed by atoms with Gasteiger partial charge in [-0.1, -0.05) is 0 Å². The minimum absolute atomic E-state index is 0.143. The normalized spacial score (nSPS) is 11.9. The zero-order valence-corrected chi connectivity index (χ0v) is 19.0. The highest BCUT2D eigenvalue weighted by Gasteiger charge is 2.20. The van der Waals surface area contributed by atoms with Gasteiger partial charge in [0.15, 0.2) is 0 Å². The molecule has 0 fully saturated rings. The lowest BCUT2D eigenvalue weighted by Crippen LogP contribution is -2.45. The third-order valence-electron chi connectivity index (χ3n) is 4.60. The molecule has 6 nitrogen and oxygen atoms in total. The van der Waals surface area contributed by atoms with Crippen LogP contribution in [-0.2, 0) is 11.2 Å². The van der Waals surface area contributed by atoms with Gasteiger partial charge in [0.2, 0.25) is 5.91 Å². The van der Waals surface area contributed by atoms with Crippen molar-refractivity contribution in [1.29, 1.82) is 0 Å². The van der Waals surface area contributed by atoms with E-state index >= 15 is 0 Å². The summed E-state index contributed by atoms with van der Waals surface area (Å²) in [7, 11) is 1.73. The van der Waals surface area contributed by atoms with Gasteiger partial charge in [0.1, 0.15) is 11.9 Å². The summed E-state index contributed by atoms with van der Waals surface area (Å²) in [6.07, 6.45) is 1.46. The van der Waals surface area contributed by atoms with Gasteiger partial charge in [-0.25, -0.2) is 4.39 Å². The fourth-order valence-electron chi connectivity index (χ4n) is 2.97. The van der Waals surface area contributed by atoms with E-state index in [1.807, 2.05) is 6.07 Å². The lowest BCUT2D eigenvalue weighted by molar-refractivity contribution is -0.131. The number of carbonyl (C=O) groups is 2. The van der Waals surface area contributed by atoms with Crippen molar-refractivity contribution in [3.63, 3.8) is 0 Å². The molecule has 2 aromatic heterocycles. The monoisotopic (exact) mass is 492 g/mol. The molecule has 0 radical (unpaired) electrons. The molecule has 0 aliphatic rings. The molecule has 158 valence electrons. The molecule has 0 saturated carbocycles. The second-order valence-corrected chi connectivity index (χ2v) is 9.41. The molecular weight excluding hydrogens is 471 g/mol. The molecule has 0 saturated heterocycles. The molecule has 0 spiro atoms. The van der Waals surface area contributed by atoms with E-state index in [4.69, 9.17) is 0 Å². The number of nitrogens with zero attached hydrogens (tertiary/aromatic N) is 2. The minimum Gasteiger partial charge on any atom is -0.344 e. The molecule has 2 heterocycles. The van der Waals surface area contributed by atoms with Crippen molar-refractivity contribution in [2.75, 3.05) is 13.6 Å². The summed E-state index contributed by atoms with van der Waals surface area (Å²) in [5, 5.41) is 9.99. The van der Waals surface area contributed by atoms with E-state index in [0.717, 1.165) is 33.6 Å². The largest absolute Gasteiger partial charge is 0.344 e. The number of H-pyrrole nitrogens is 1. The van der Waals surface area contributed by atoms with E-state index in [9.17, 15) is 14.0 Å². The Balaban J connectivity index is 1.45. The standard InChI is InChI=1S/C21H22BrFN4O2S/c1-13(24-20(28)18-9-10-19(22)30-18)21(29)27(2)11-3-4-16-12-17(26-25-16)14-5-7-15(23)8-6-14/h5-10,12-13H,3-4,11H2,1-2H3,(H,24,28)(H,25,26). The Morgan fingerprint density at radius 2 is 2.00 bits per heavy atom. The number of aryl methyl sites for hydroxylation is 1. The highest BCUT2D eigenvalue weighted by Crippen LogP contribution is 2.22. The summed E-state index contributed by atoms with van der Waals surface area (Å²) in [6, 6.07) is 11.0. The lowest BCUT2D eigenvalue weighted by Gasteiger charge is -2.21. The fraction of sp³-hybridized carbons (Fsp3) is 0.286. The quantitative estimate of drug-likeness (QED) is 0.493. The summed E-state index contributed by atoms with van der Waals surface area (Å²) >= 11 is 4.65. The Labute approximate surface area is 186 Å². The van der Waals surface area contributed by atoms with Crippen molar-refractivity contribution in [1.82, 2.24) is 20.4 Å². The molecule has 0 bridgehead atoms. The number of benzene rings is 1. The Morgan fingerprint density at radius 3 is 2.67 bits per heavy atom. The molecule has 9 heteroatoms. The number of nitrogens with one attached hydrogen (secondary N) is 2. The van der Waals surface area contributed by atoms with Crippen LogP contribution in [0.5, 0.6) is 0 Å². The van der Waals surface area contributed by atoms with Crippen LogP contribution in [0.3, 0.4) is 0 Å². The van der Waals surface area contributed by atoms with Gasteiger partial charge in [-0.2, -0.15) is 5.10 Å². The van der Waals surface area contributed by atoms with Crippen LogP contribution in [0.2, 0.25) is 0 Å². The van der Waals surface area contributed by atoms with Crippen molar-refractivity contribution >= 4 is 39.1 Å². The zero-order valence-electron chi connectivity index (χ0n) is 16.6. The number of thiophene rings is 1. The number of carbonyl (C=O) groups excluding carboxylic acids is 2. The van der Waals surface area contributed by atoms with Crippen LogP contribution in [0.15, 0.2) is 46.3 Å². The van der Waals surface area contributed by atoms with Crippen molar-refractivity contribution in [3.05, 3.63) is 62.6 Å². The lowest BCUT2D eigenvalue weighted by atomic mass is 10.1. The third kappa shape index (κ3) is 5.76. The molecule has 0 aliphatic carbocycles. The molecule has 2 N–H and O–H groups in total. The molecule has 3 aromatic rings. The second-order valence-electron chi connectivity index (χ2n) is 6.95. The van der Waals surface area contributed by atoms with Crippen molar-refractivity contribution in [2.24, 2.45) is 0 Å². The Kier molecular flexibility index (Phi) is 7.38. The first-order valence-corrected chi connectivity index (χ1v) is 11.1. The average Bonchev–Trinajstić information content (AvgIpc) is 3.37. The Morgan fingerprint density at radius 1 is 1.27 bits per heavy atom. The predicted octanol–water partition coefficient (Wildman–Crippen LogP) is 4.25. The minimum atomic E-state index is -0.611. The van der Waals surface area contributed by atoms with Crippen LogP contribution in [0.25, 0.3) is 11.3 Å². The Bertz CT molecular complexity index is 1020. The highest BCUT2D eigenvalue weighted by atomic mass is 79.9. The van der Waals surface area contributed by atoms with E-state index < -0.39 is 6.04 Å². The summed E-state index contributed by atoms with van der Waals surface area (Å²) in [4.78, 5) is 26.9. The topological polar surface area (TPSA) is 78.1 Å². The number of halogens is 2.